The summed E-state index contributed by atoms with van der Waals surface area (Å²) in [4.78, 5) is 65.1. The summed E-state index contributed by atoms with van der Waals surface area (Å²) in [7, 11) is 0. The van der Waals surface area contributed by atoms with Gasteiger partial charge in [0.2, 0.25) is 23.6 Å². The van der Waals surface area contributed by atoms with Gasteiger partial charge in [-0.15, -0.1) is 0 Å². The molecule has 0 spiro atoms. The molecule has 2 unspecified atom stereocenters. The fourth-order valence-corrected chi connectivity index (χ4v) is 5.51. The smallest absolute Gasteiger partial charge is 0.326 e. The number of carbonyl (C=O) groups is 5. The van der Waals surface area contributed by atoms with Gasteiger partial charge in [-0.1, -0.05) is 99.1 Å². The number of hydrogen-bond acceptors (Lipinski definition) is 6. The van der Waals surface area contributed by atoms with Gasteiger partial charge in [-0.3, -0.25) is 19.2 Å². The zero-order chi connectivity index (χ0) is 35.2. The maximum Gasteiger partial charge on any atom is 0.326 e. The summed E-state index contributed by atoms with van der Waals surface area (Å²) in [6.07, 6.45) is 0.884. The van der Waals surface area contributed by atoms with Crippen LogP contribution in [0.25, 0.3) is 0 Å². The van der Waals surface area contributed by atoms with Crippen LogP contribution in [-0.4, -0.2) is 70.1 Å². The number of carboxylic acid groups (broad SMARTS) is 1. The molecular formula is C35H58N4O7. The number of aliphatic hydroxyl groups excluding tert-OH is 1. The van der Waals surface area contributed by atoms with Gasteiger partial charge in [-0.2, -0.15) is 0 Å². The van der Waals surface area contributed by atoms with Crippen molar-refractivity contribution in [3.8, 4) is 0 Å². The molecule has 0 bridgehead atoms. The summed E-state index contributed by atoms with van der Waals surface area (Å²) in [5.74, 6) is -4.01. The van der Waals surface area contributed by atoms with Crippen LogP contribution >= 0.6 is 0 Å². The van der Waals surface area contributed by atoms with Crippen molar-refractivity contribution >= 4 is 29.6 Å². The molecule has 1 rings (SSSR count). The Morgan fingerprint density at radius 2 is 1.24 bits per heavy atom. The zero-order valence-corrected chi connectivity index (χ0v) is 29.2. The van der Waals surface area contributed by atoms with Gasteiger partial charge in [0, 0.05) is 5.41 Å². The summed E-state index contributed by atoms with van der Waals surface area (Å²) in [6.45, 7) is 16.5. The Labute approximate surface area is 275 Å². The van der Waals surface area contributed by atoms with Crippen molar-refractivity contribution in [2.45, 2.75) is 131 Å². The van der Waals surface area contributed by atoms with Crippen molar-refractivity contribution in [2.24, 2.45) is 23.2 Å². The molecule has 6 atom stereocenters. The van der Waals surface area contributed by atoms with Gasteiger partial charge in [0.15, 0.2) is 0 Å². The van der Waals surface area contributed by atoms with Crippen LogP contribution in [-0.2, 0) is 30.4 Å². The maximum absolute atomic E-state index is 13.7. The van der Waals surface area contributed by atoms with E-state index in [-0.39, 0.29) is 30.1 Å². The summed E-state index contributed by atoms with van der Waals surface area (Å²) in [5.41, 5.74) is 0.233. The normalized spacial score (nSPS) is 15.7. The summed E-state index contributed by atoms with van der Waals surface area (Å²) >= 11 is 0. The van der Waals surface area contributed by atoms with Crippen LogP contribution in [0.4, 0.5) is 0 Å². The second-order valence-electron chi connectivity index (χ2n) is 13.1. The van der Waals surface area contributed by atoms with Crippen molar-refractivity contribution in [1.82, 2.24) is 21.3 Å². The highest BCUT2D eigenvalue weighted by atomic mass is 16.4. The lowest BCUT2D eigenvalue weighted by Gasteiger charge is -2.33. The number of rotatable bonds is 20. The van der Waals surface area contributed by atoms with Crippen LogP contribution in [0.1, 0.15) is 100.0 Å². The van der Waals surface area contributed by atoms with Crippen LogP contribution in [0, 0.1) is 23.2 Å². The topological polar surface area (TPSA) is 174 Å². The number of nitrogens with one attached hydrogen (secondary N) is 4. The first kappa shape index (κ1) is 40.6. The monoisotopic (exact) mass is 646 g/mol. The second kappa shape index (κ2) is 19.3. The molecule has 46 heavy (non-hydrogen) atoms. The number of carbonyl (C=O) groups excluding carboxylic acids is 4. The molecule has 0 heterocycles. The molecule has 6 N–H and O–H groups in total. The van der Waals surface area contributed by atoms with Gasteiger partial charge >= 0.3 is 5.97 Å². The third-order valence-electron chi connectivity index (χ3n) is 9.28. The van der Waals surface area contributed by atoms with E-state index in [0.717, 1.165) is 5.56 Å². The van der Waals surface area contributed by atoms with Gasteiger partial charge in [0.05, 0.1) is 18.6 Å². The van der Waals surface area contributed by atoms with Crippen LogP contribution in [0.5, 0.6) is 0 Å². The van der Waals surface area contributed by atoms with E-state index < -0.39 is 65.8 Å². The fourth-order valence-electron chi connectivity index (χ4n) is 5.51. The quantitative estimate of drug-likeness (QED) is 0.126. The average molecular weight is 647 g/mol. The van der Waals surface area contributed by atoms with E-state index in [0.29, 0.717) is 25.7 Å². The molecule has 0 saturated heterocycles. The van der Waals surface area contributed by atoms with Crippen molar-refractivity contribution in [3.63, 3.8) is 0 Å². The first-order chi connectivity index (χ1) is 21.6. The predicted octanol–water partition coefficient (Wildman–Crippen LogP) is 3.58. The third kappa shape index (κ3) is 11.7. The first-order valence-electron chi connectivity index (χ1n) is 16.7. The Kier molecular flexibility index (Phi) is 17.0. The van der Waals surface area contributed by atoms with Gasteiger partial charge in [0.25, 0.3) is 0 Å². The minimum Gasteiger partial charge on any atom is -0.480 e. The Hall–Kier alpha value is -3.47. The highest BCUT2D eigenvalue weighted by Crippen LogP contribution is 2.31. The number of aliphatic carboxylic acids is 1. The molecule has 0 aliphatic carbocycles. The van der Waals surface area contributed by atoms with E-state index in [1.54, 1.807) is 20.8 Å². The van der Waals surface area contributed by atoms with E-state index in [9.17, 15) is 34.2 Å². The highest BCUT2D eigenvalue weighted by Gasteiger charge is 2.37. The van der Waals surface area contributed by atoms with Crippen LogP contribution in [0.3, 0.4) is 0 Å². The SMILES string of the molecule is CC[C@H](C)[C@H](NC(=O)C[C@H](O)[C@H](Cc1ccccc1)NC(=O)C(NC(=O)C(CC)(CC)CC)C(C)C)C(=O)NC(C(=O)O)C(C)C. The number of amides is 4. The van der Waals surface area contributed by atoms with Gasteiger partial charge in [-0.25, -0.2) is 4.79 Å². The minimum atomic E-state index is -1.34. The lowest BCUT2D eigenvalue weighted by molar-refractivity contribution is -0.143. The second-order valence-corrected chi connectivity index (χ2v) is 13.1. The first-order valence-corrected chi connectivity index (χ1v) is 16.7. The molecule has 260 valence electrons. The molecule has 0 aromatic heterocycles. The molecule has 0 aliphatic heterocycles. The molecule has 0 aliphatic rings. The van der Waals surface area contributed by atoms with E-state index in [4.69, 9.17) is 0 Å². The highest BCUT2D eigenvalue weighted by molar-refractivity contribution is 5.91. The summed E-state index contributed by atoms with van der Waals surface area (Å²) < 4.78 is 0. The molecule has 0 fully saturated rings. The number of aliphatic hydroxyl groups is 1. The molecule has 0 radical (unpaired) electrons. The van der Waals surface area contributed by atoms with Gasteiger partial charge < -0.3 is 31.5 Å². The minimum absolute atomic E-state index is 0.189. The van der Waals surface area contributed by atoms with Crippen LogP contribution in [0.2, 0.25) is 0 Å². The van der Waals surface area contributed by atoms with Crippen molar-refractivity contribution < 1.29 is 34.2 Å². The molecule has 1 aromatic rings. The van der Waals surface area contributed by atoms with Crippen LogP contribution < -0.4 is 21.3 Å². The standard InChI is InChI=1S/C35H58N4O7/c1-10-23(9)30(32(43)38-29(22(7)8)33(44)45)37-27(41)20-26(40)25(19-24-17-15-14-16-18-24)36-31(42)28(21(5)6)39-34(46)35(11-2,12-3)13-4/h14-18,21-23,25-26,28-30,40H,10-13,19-20H2,1-9H3,(H,36,42)(H,37,41)(H,38,43)(H,39,46)(H,44,45)/t23-,25-,26-,28?,29?,30-/m0/s1. The van der Waals surface area contributed by atoms with Crippen molar-refractivity contribution in [1.29, 1.82) is 0 Å². The summed E-state index contributed by atoms with van der Waals surface area (Å²) in [5, 5.41) is 31.9. The predicted molar refractivity (Wildman–Crippen MR) is 179 cm³/mol. The Morgan fingerprint density at radius 3 is 1.70 bits per heavy atom. The van der Waals surface area contributed by atoms with E-state index in [1.807, 2.05) is 71.9 Å². The average Bonchev–Trinajstić information content (AvgIpc) is 3.01. The van der Waals surface area contributed by atoms with E-state index in [1.165, 1.54) is 0 Å². The molecule has 11 nitrogen and oxygen atoms in total. The fraction of sp³-hybridized carbons (Fsp3) is 0.686. The maximum atomic E-state index is 13.7. The number of benzene rings is 1. The molecule has 4 amide bonds. The Bertz CT molecular complexity index is 1130. The Morgan fingerprint density at radius 1 is 0.717 bits per heavy atom. The van der Waals surface area contributed by atoms with Crippen molar-refractivity contribution in [2.75, 3.05) is 0 Å². The third-order valence-corrected chi connectivity index (χ3v) is 9.28. The molecule has 0 saturated carbocycles. The molecular weight excluding hydrogens is 588 g/mol. The zero-order valence-electron chi connectivity index (χ0n) is 29.2. The number of hydrogen-bond donors (Lipinski definition) is 6. The Balaban J connectivity index is 3.22. The molecule has 11 heteroatoms. The largest absolute Gasteiger partial charge is 0.480 e. The van der Waals surface area contributed by atoms with E-state index >= 15 is 0 Å². The lowest BCUT2D eigenvalue weighted by atomic mass is 9.78. The number of carboxylic acids is 1. The van der Waals surface area contributed by atoms with Gasteiger partial charge in [0.1, 0.15) is 18.1 Å². The van der Waals surface area contributed by atoms with Gasteiger partial charge in [-0.05, 0) is 49.0 Å². The lowest BCUT2D eigenvalue weighted by Crippen LogP contribution is -2.58. The van der Waals surface area contributed by atoms with Crippen molar-refractivity contribution in [3.05, 3.63) is 35.9 Å². The van der Waals surface area contributed by atoms with Crippen LogP contribution in [0.15, 0.2) is 30.3 Å². The molecule has 1 aromatic carbocycles. The van der Waals surface area contributed by atoms with E-state index in [2.05, 4.69) is 21.3 Å². The summed E-state index contributed by atoms with van der Waals surface area (Å²) in [6, 6.07) is 5.31.